The van der Waals surface area contributed by atoms with Crippen LogP contribution in [0.1, 0.15) is 12.5 Å². The highest BCUT2D eigenvalue weighted by Crippen LogP contribution is 2.32. The highest BCUT2D eigenvalue weighted by molar-refractivity contribution is 6.04. The van der Waals surface area contributed by atoms with Crippen LogP contribution in [-0.4, -0.2) is 23.0 Å². The molecule has 2 aromatic carbocycles. The van der Waals surface area contributed by atoms with Gasteiger partial charge in [-0.25, -0.2) is 0 Å². The lowest BCUT2D eigenvalue weighted by Gasteiger charge is -2.08. The van der Waals surface area contributed by atoms with Gasteiger partial charge in [-0.2, -0.15) is 0 Å². The van der Waals surface area contributed by atoms with Gasteiger partial charge in [0.2, 0.25) is 0 Å². The minimum absolute atomic E-state index is 0.113. The lowest BCUT2D eigenvalue weighted by atomic mass is 10.2. The normalized spacial score (nSPS) is 11.8. The molecule has 0 atom stereocenters. The number of hydrogen-bond acceptors (Lipinski definition) is 7. The quantitative estimate of drug-likeness (QED) is 0.256. The summed E-state index contributed by atoms with van der Waals surface area (Å²) in [7, 11) is 1.33. The maximum Gasteiger partial charge on any atom is 0.279 e. The van der Waals surface area contributed by atoms with Crippen LogP contribution in [0.5, 0.6) is 5.75 Å². The topological polar surface area (TPSA) is 126 Å². The Morgan fingerprint density at radius 1 is 1.26 bits per heavy atom. The highest BCUT2D eigenvalue weighted by atomic mass is 16.6. The van der Waals surface area contributed by atoms with Gasteiger partial charge >= 0.3 is 0 Å². The van der Waals surface area contributed by atoms with Gasteiger partial charge < -0.3 is 15.2 Å². The van der Waals surface area contributed by atoms with E-state index >= 15 is 0 Å². The predicted octanol–water partition coefficient (Wildman–Crippen LogP) is 4.42. The van der Waals surface area contributed by atoms with Crippen LogP contribution in [0.2, 0.25) is 0 Å². The number of aliphatic hydroxyl groups is 1. The number of ether oxygens (including phenoxy) is 1. The number of para-hydroxylation sites is 1. The van der Waals surface area contributed by atoms with Gasteiger partial charge in [-0.05, 0) is 31.5 Å². The molecule has 9 nitrogen and oxygen atoms in total. The Balaban J connectivity index is 2.29. The van der Waals surface area contributed by atoms with E-state index in [4.69, 9.17) is 4.74 Å². The number of methoxy groups -OCH3 is 1. The first-order valence-corrected chi connectivity index (χ1v) is 7.84. The fourth-order valence-electron chi connectivity index (χ4n) is 2.14. The molecule has 0 fully saturated rings. The number of hydrogen-bond donors (Lipinski definition) is 2. The molecule has 0 heterocycles. The summed E-state index contributed by atoms with van der Waals surface area (Å²) in [5.74, 6) is -0.859. The number of nitrogens with zero attached hydrogens (tertiary/aromatic N) is 3. The largest absolute Gasteiger partial charge is 0.510 e. The fraction of sp³-hybridized carbons (Fsp3) is 0.167. The van der Waals surface area contributed by atoms with Gasteiger partial charge in [-0.1, -0.05) is 18.2 Å². The van der Waals surface area contributed by atoms with Gasteiger partial charge in [0.15, 0.2) is 11.4 Å². The molecule has 0 unspecified atom stereocenters. The average molecular weight is 370 g/mol. The number of azo groups is 1. The summed E-state index contributed by atoms with van der Waals surface area (Å²) >= 11 is 0. The van der Waals surface area contributed by atoms with Crippen molar-refractivity contribution >= 4 is 23.0 Å². The van der Waals surface area contributed by atoms with Crippen LogP contribution >= 0.6 is 0 Å². The zero-order chi connectivity index (χ0) is 20.0. The zero-order valence-electron chi connectivity index (χ0n) is 15.0. The molecule has 2 aromatic rings. The van der Waals surface area contributed by atoms with Gasteiger partial charge in [-0.3, -0.25) is 14.9 Å². The van der Waals surface area contributed by atoms with Gasteiger partial charge in [0.05, 0.1) is 18.1 Å². The Hall–Kier alpha value is -3.75. The molecular weight excluding hydrogens is 352 g/mol. The first-order chi connectivity index (χ1) is 12.8. The second-order valence-electron chi connectivity index (χ2n) is 5.52. The van der Waals surface area contributed by atoms with E-state index in [1.807, 2.05) is 19.1 Å². The molecular formula is C18H18N4O5. The Morgan fingerprint density at radius 3 is 2.56 bits per heavy atom. The lowest BCUT2D eigenvalue weighted by molar-refractivity contribution is -0.384. The minimum Gasteiger partial charge on any atom is -0.510 e. The second kappa shape index (κ2) is 8.56. The number of carbonyl (C=O) groups excluding carboxylic acids is 1. The molecule has 1 amide bonds. The van der Waals surface area contributed by atoms with Crippen LogP contribution in [-0.2, 0) is 4.79 Å². The van der Waals surface area contributed by atoms with E-state index in [2.05, 4.69) is 15.5 Å². The van der Waals surface area contributed by atoms with E-state index in [1.165, 1.54) is 32.2 Å². The number of non-ortho nitro benzene ring substituents is 1. The molecule has 0 radical (unpaired) electrons. The van der Waals surface area contributed by atoms with Crippen LogP contribution in [0, 0.1) is 17.0 Å². The molecule has 140 valence electrons. The van der Waals surface area contributed by atoms with Crippen molar-refractivity contribution in [2.75, 3.05) is 12.4 Å². The second-order valence-corrected chi connectivity index (χ2v) is 5.52. The zero-order valence-corrected chi connectivity index (χ0v) is 15.0. The highest BCUT2D eigenvalue weighted by Gasteiger charge is 2.16. The third-order valence-electron chi connectivity index (χ3n) is 3.58. The Bertz CT molecular complexity index is 933. The van der Waals surface area contributed by atoms with Crippen molar-refractivity contribution in [3.63, 3.8) is 0 Å². The van der Waals surface area contributed by atoms with E-state index in [1.54, 1.807) is 12.1 Å². The smallest absolute Gasteiger partial charge is 0.279 e. The molecule has 27 heavy (non-hydrogen) atoms. The van der Waals surface area contributed by atoms with Crippen LogP contribution in [0.3, 0.4) is 0 Å². The lowest BCUT2D eigenvalue weighted by Crippen LogP contribution is -2.15. The molecule has 0 aromatic heterocycles. The monoisotopic (exact) mass is 370 g/mol. The van der Waals surface area contributed by atoms with E-state index in [0.717, 1.165) is 5.56 Å². The van der Waals surface area contributed by atoms with Crippen molar-refractivity contribution in [1.29, 1.82) is 0 Å². The number of nitro groups is 1. The van der Waals surface area contributed by atoms with Crippen molar-refractivity contribution in [1.82, 2.24) is 0 Å². The maximum absolute atomic E-state index is 12.4. The summed E-state index contributed by atoms with van der Waals surface area (Å²) in [5.41, 5.74) is 1.13. The molecule has 0 aliphatic rings. The number of aryl methyl sites for hydroxylation is 1. The van der Waals surface area contributed by atoms with Crippen molar-refractivity contribution in [3.8, 4) is 5.75 Å². The Morgan fingerprint density at radius 2 is 1.96 bits per heavy atom. The fourth-order valence-corrected chi connectivity index (χ4v) is 2.14. The summed E-state index contributed by atoms with van der Waals surface area (Å²) in [5, 5.41) is 31.0. The summed E-state index contributed by atoms with van der Waals surface area (Å²) in [6.07, 6.45) is 0. The molecule has 0 aliphatic heterocycles. The number of nitro benzene ring substituents is 1. The van der Waals surface area contributed by atoms with Crippen molar-refractivity contribution in [3.05, 3.63) is 69.6 Å². The number of amides is 1. The molecule has 0 saturated heterocycles. The molecule has 0 bridgehead atoms. The molecule has 9 heteroatoms. The number of anilines is 1. The standard InChI is InChI=1S/C18H18N4O5/c1-11-6-4-5-7-14(11)19-18(24)17(12(2)23)21-20-15-9-8-13(22(25)26)10-16(15)27-3/h4-10,23H,1-3H3,(H,19,24)/b17-12+,21-20?. The number of aliphatic hydroxyl groups excluding tert-OH is 1. The SMILES string of the molecule is COc1cc([N+](=O)[O-])ccc1N=N/C(C(=O)Nc1ccccc1C)=C(\C)O. The third kappa shape index (κ3) is 4.88. The van der Waals surface area contributed by atoms with Crippen molar-refractivity contribution < 1.29 is 19.6 Å². The average Bonchev–Trinajstić information content (AvgIpc) is 2.63. The minimum atomic E-state index is -0.645. The van der Waals surface area contributed by atoms with Crippen LogP contribution in [0.25, 0.3) is 0 Å². The third-order valence-corrected chi connectivity index (χ3v) is 3.58. The van der Waals surface area contributed by atoms with E-state index < -0.39 is 10.8 Å². The predicted molar refractivity (Wildman–Crippen MR) is 99.3 cm³/mol. The van der Waals surface area contributed by atoms with Crippen molar-refractivity contribution in [2.24, 2.45) is 10.2 Å². The van der Waals surface area contributed by atoms with Gasteiger partial charge in [-0.15, -0.1) is 10.2 Å². The number of allylic oxidation sites excluding steroid dienone is 1. The summed E-state index contributed by atoms with van der Waals surface area (Å²) in [6.45, 7) is 3.13. The summed E-state index contributed by atoms with van der Waals surface area (Å²) < 4.78 is 5.06. The molecule has 0 aliphatic carbocycles. The number of benzene rings is 2. The first kappa shape index (κ1) is 19.6. The van der Waals surface area contributed by atoms with E-state index in [-0.39, 0.29) is 28.6 Å². The Kier molecular flexibility index (Phi) is 6.21. The molecule has 2 rings (SSSR count). The first-order valence-electron chi connectivity index (χ1n) is 7.84. The van der Waals surface area contributed by atoms with Crippen LogP contribution in [0.4, 0.5) is 17.1 Å². The van der Waals surface area contributed by atoms with Crippen molar-refractivity contribution in [2.45, 2.75) is 13.8 Å². The molecule has 2 N–H and O–H groups in total. The van der Waals surface area contributed by atoms with E-state index in [9.17, 15) is 20.0 Å². The molecule has 0 spiro atoms. The van der Waals surface area contributed by atoms with Gasteiger partial charge in [0.1, 0.15) is 11.4 Å². The van der Waals surface area contributed by atoms with Crippen LogP contribution in [0.15, 0.2) is 64.1 Å². The summed E-state index contributed by atoms with van der Waals surface area (Å²) in [4.78, 5) is 22.7. The van der Waals surface area contributed by atoms with Gasteiger partial charge in [0, 0.05) is 11.8 Å². The van der Waals surface area contributed by atoms with Crippen LogP contribution < -0.4 is 10.1 Å². The molecule has 0 saturated carbocycles. The number of carbonyl (C=O) groups is 1. The van der Waals surface area contributed by atoms with E-state index in [0.29, 0.717) is 5.69 Å². The maximum atomic E-state index is 12.4. The summed E-state index contributed by atoms with van der Waals surface area (Å²) in [6, 6.07) is 10.9. The number of rotatable bonds is 6. The number of nitrogens with one attached hydrogen (secondary N) is 1. The van der Waals surface area contributed by atoms with Gasteiger partial charge in [0.25, 0.3) is 11.6 Å². The Labute approximate surface area is 155 Å².